The summed E-state index contributed by atoms with van der Waals surface area (Å²) < 4.78 is 1.95. The average Bonchev–Trinajstić information content (AvgIpc) is 2.50. The van der Waals surface area contributed by atoms with Gasteiger partial charge in [-0.25, -0.2) is 0 Å². The third-order valence-electron chi connectivity index (χ3n) is 1.96. The minimum atomic E-state index is 0.168. The van der Waals surface area contributed by atoms with E-state index in [1.54, 1.807) is 0 Å². The summed E-state index contributed by atoms with van der Waals surface area (Å²) in [6, 6.07) is 0. The summed E-state index contributed by atoms with van der Waals surface area (Å²) >= 11 is 0. The van der Waals surface area contributed by atoms with Crippen LogP contribution in [0.15, 0.2) is 12.4 Å². The Balaban J connectivity index is 2.70. The highest BCUT2D eigenvalue weighted by molar-refractivity contribution is 5.19. The van der Waals surface area contributed by atoms with Crippen LogP contribution in [0.4, 0.5) is 0 Å². The molecule has 2 nitrogen and oxygen atoms in total. The number of nitrogens with zero attached hydrogens (tertiary/aromatic N) is 2. The fourth-order valence-corrected chi connectivity index (χ4v) is 1.17. The lowest BCUT2D eigenvalue weighted by molar-refractivity contribution is 0.483. The van der Waals surface area contributed by atoms with Crippen LogP contribution >= 0.6 is 0 Å². The first-order chi connectivity index (χ1) is 6.13. The molecule has 0 amide bonds. The highest BCUT2D eigenvalue weighted by Crippen LogP contribution is 2.12. The Morgan fingerprint density at radius 2 is 2.23 bits per heavy atom. The fraction of sp³-hybridized carbons (Fsp3) is 0.545. The van der Waals surface area contributed by atoms with Crippen LogP contribution in [0.2, 0.25) is 0 Å². The Morgan fingerprint density at radius 1 is 1.54 bits per heavy atom. The van der Waals surface area contributed by atoms with Crippen LogP contribution < -0.4 is 0 Å². The summed E-state index contributed by atoms with van der Waals surface area (Å²) in [6.45, 7) is 7.31. The molecule has 0 aliphatic carbocycles. The van der Waals surface area contributed by atoms with E-state index >= 15 is 0 Å². The molecular weight excluding hydrogens is 160 g/mol. The zero-order valence-electron chi connectivity index (χ0n) is 8.49. The molecule has 0 saturated heterocycles. The van der Waals surface area contributed by atoms with E-state index in [4.69, 9.17) is 6.42 Å². The second-order valence-corrected chi connectivity index (χ2v) is 3.78. The summed E-state index contributed by atoms with van der Waals surface area (Å²) in [6.07, 6.45) is 9.21. The van der Waals surface area contributed by atoms with Crippen LogP contribution in [0.5, 0.6) is 0 Å². The molecule has 0 aliphatic rings. The van der Waals surface area contributed by atoms with Crippen molar-refractivity contribution < 1.29 is 0 Å². The Bertz CT molecular complexity index is 304. The van der Waals surface area contributed by atoms with Gasteiger partial charge >= 0.3 is 0 Å². The van der Waals surface area contributed by atoms with Gasteiger partial charge in [0.05, 0.1) is 6.20 Å². The minimum absolute atomic E-state index is 0.168. The van der Waals surface area contributed by atoms with Crippen molar-refractivity contribution in [2.45, 2.75) is 33.2 Å². The van der Waals surface area contributed by atoms with Gasteiger partial charge in [0.25, 0.3) is 0 Å². The molecular formula is C11H16N2. The van der Waals surface area contributed by atoms with E-state index in [0.29, 0.717) is 5.92 Å². The Kier molecular flexibility index (Phi) is 3.13. The maximum absolute atomic E-state index is 5.33. The second-order valence-electron chi connectivity index (χ2n) is 3.78. The Morgan fingerprint density at radius 3 is 2.77 bits per heavy atom. The molecule has 1 unspecified atom stereocenters. The molecule has 0 saturated carbocycles. The SMILES string of the molecule is C#CC(C)c1cnn(CC(C)C)c1. The molecule has 1 heterocycles. The van der Waals surface area contributed by atoms with Crippen molar-refractivity contribution in [2.24, 2.45) is 5.92 Å². The van der Waals surface area contributed by atoms with E-state index in [2.05, 4.69) is 24.9 Å². The van der Waals surface area contributed by atoms with Gasteiger partial charge in [0, 0.05) is 24.2 Å². The third-order valence-corrected chi connectivity index (χ3v) is 1.96. The second kappa shape index (κ2) is 4.13. The summed E-state index contributed by atoms with van der Waals surface area (Å²) in [4.78, 5) is 0. The lowest BCUT2D eigenvalue weighted by atomic mass is 10.1. The zero-order chi connectivity index (χ0) is 9.84. The molecule has 1 aromatic rings. The molecule has 1 atom stereocenters. The highest BCUT2D eigenvalue weighted by atomic mass is 15.3. The molecule has 0 fully saturated rings. The van der Waals surface area contributed by atoms with Crippen molar-refractivity contribution in [3.63, 3.8) is 0 Å². The van der Waals surface area contributed by atoms with Crippen molar-refractivity contribution in [2.75, 3.05) is 0 Å². The lowest BCUT2D eigenvalue weighted by Crippen LogP contribution is -2.04. The largest absolute Gasteiger partial charge is 0.272 e. The topological polar surface area (TPSA) is 17.8 Å². The summed E-state index contributed by atoms with van der Waals surface area (Å²) in [7, 11) is 0. The van der Waals surface area contributed by atoms with Crippen LogP contribution in [0.3, 0.4) is 0 Å². The van der Waals surface area contributed by atoms with Gasteiger partial charge in [0.1, 0.15) is 0 Å². The molecule has 13 heavy (non-hydrogen) atoms. The molecule has 0 spiro atoms. The van der Waals surface area contributed by atoms with Crippen molar-refractivity contribution in [1.29, 1.82) is 0 Å². The zero-order valence-corrected chi connectivity index (χ0v) is 8.49. The predicted octanol–water partition coefficient (Wildman–Crippen LogP) is 2.28. The first-order valence-corrected chi connectivity index (χ1v) is 4.62. The van der Waals surface area contributed by atoms with Crippen LogP contribution in [0, 0.1) is 18.3 Å². The van der Waals surface area contributed by atoms with Gasteiger partial charge in [0.2, 0.25) is 0 Å². The first kappa shape index (κ1) is 9.85. The van der Waals surface area contributed by atoms with Gasteiger partial charge in [-0.05, 0) is 12.8 Å². The van der Waals surface area contributed by atoms with Gasteiger partial charge in [-0.3, -0.25) is 4.68 Å². The van der Waals surface area contributed by atoms with Crippen LogP contribution in [0.1, 0.15) is 32.3 Å². The van der Waals surface area contributed by atoms with Gasteiger partial charge in [-0.15, -0.1) is 6.42 Å². The van der Waals surface area contributed by atoms with Crippen molar-refractivity contribution in [3.8, 4) is 12.3 Å². The molecule has 0 aliphatic heterocycles. The fourth-order valence-electron chi connectivity index (χ4n) is 1.17. The van der Waals surface area contributed by atoms with Crippen molar-refractivity contribution in [3.05, 3.63) is 18.0 Å². The third kappa shape index (κ3) is 2.62. The number of hydrogen-bond acceptors (Lipinski definition) is 1. The van der Waals surface area contributed by atoms with E-state index in [-0.39, 0.29) is 5.92 Å². The summed E-state index contributed by atoms with van der Waals surface area (Å²) in [5.41, 5.74) is 1.13. The normalized spacial score (nSPS) is 12.8. The number of terminal acetylenes is 1. The summed E-state index contributed by atoms with van der Waals surface area (Å²) in [5.74, 6) is 3.48. The van der Waals surface area contributed by atoms with E-state index in [0.717, 1.165) is 12.1 Å². The Hall–Kier alpha value is -1.23. The maximum atomic E-state index is 5.33. The van der Waals surface area contributed by atoms with E-state index < -0.39 is 0 Å². The van der Waals surface area contributed by atoms with Gasteiger partial charge in [-0.1, -0.05) is 19.8 Å². The lowest BCUT2D eigenvalue weighted by Gasteiger charge is -2.03. The van der Waals surface area contributed by atoms with Gasteiger partial charge < -0.3 is 0 Å². The molecule has 2 heteroatoms. The van der Waals surface area contributed by atoms with E-state index in [1.165, 1.54) is 0 Å². The predicted molar refractivity (Wildman–Crippen MR) is 54.3 cm³/mol. The molecule has 70 valence electrons. The quantitative estimate of drug-likeness (QED) is 0.646. The van der Waals surface area contributed by atoms with Crippen LogP contribution in [-0.2, 0) is 6.54 Å². The van der Waals surface area contributed by atoms with E-state index in [9.17, 15) is 0 Å². The first-order valence-electron chi connectivity index (χ1n) is 4.62. The summed E-state index contributed by atoms with van der Waals surface area (Å²) in [5, 5.41) is 4.25. The van der Waals surface area contributed by atoms with Gasteiger partial charge in [0.15, 0.2) is 0 Å². The average molecular weight is 176 g/mol. The smallest absolute Gasteiger partial charge is 0.0534 e. The minimum Gasteiger partial charge on any atom is -0.272 e. The molecule has 0 aromatic carbocycles. The maximum Gasteiger partial charge on any atom is 0.0534 e. The van der Waals surface area contributed by atoms with Crippen LogP contribution in [0.25, 0.3) is 0 Å². The number of aromatic nitrogens is 2. The van der Waals surface area contributed by atoms with Crippen molar-refractivity contribution >= 4 is 0 Å². The molecule has 0 radical (unpaired) electrons. The van der Waals surface area contributed by atoms with E-state index in [1.807, 2.05) is 24.0 Å². The highest BCUT2D eigenvalue weighted by Gasteiger charge is 2.05. The molecule has 0 N–H and O–H groups in total. The number of rotatable bonds is 3. The Labute approximate surface area is 80.0 Å². The molecule has 1 rings (SSSR count). The van der Waals surface area contributed by atoms with Crippen LogP contribution in [-0.4, -0.2) is 9.78 Å². The standard InChI is InChI=1S/C11H16N2/c1-5-10(4)11-6-12-13(8-11)7-9(2)3/h1,6,8-10H,7H2,2-4H3. The number of hydrogen-bond donors (Lipinski definition) is 0. The van der Waals surface area contributed by atoms with Gasteiger partial charge in [-0.2, -0.15) is 5.10 Å². The molecule has 0 bridgehead atoms. The monoisotopic (exact) mass is 176 g/mol. The van der Waals surface area contributed by atoms with Crippen molar-refractivity contribution in [1.82, 2.24) is 9.78 Å². The molecule has 1 aromatic heterocycles.